The van der Waals surface area contributed by atoms with E-state index in [1.54, 1.807) is 11.3 Å². The quantitative estimate of drug-likeness (QED) is 0.915. The number of halogens is 1. The summed E-state index contributed by atoms with van der Waals surface area (Å²) < 4.78 is 0.831. The van der Waals surface area contributed by atoms with E-state index in [0.717, 1.165) is 16.5 Å². The van der Waals surface area contributed by atoms with E-state index in [1.165, 1.54) is 10.4 Å². The second kappa shape index (κ2) is 5.63. The van der Waals surface area contributed by atoms with Crippen LogP contribution in [-0.2, 0) is 6.42 Å². The molecule has 0 radical (unpaired) electrons. The van der Waals surface area contributed by atoms with E-state index < -0.39 is 0 Å². The van der Waals surface area contributed by atoms with Gasteiger partial charge in [-0.2, -0.15) is 0 Å². The van der Waals surface area contributed by atoms with E-state index in [1.807, 2.05) is 25.4 Å². The van der Waals surface area contributed by atoms with Gasteiger partial charge in [-0.3, -0.25) is 4.98 Å². The zero-order valence-corrected chi connectivity index (χ0v) is 11.5. The van der Waals surface area contributed by atoms with Crippen molar-refractivity contribution in [3.63, 3.8) is 0 Å². The van der Waals surface area contributed by atoms with E-state index in [4.69, 9.17) is 11.6 Å². The molecule has 0 saturated heterocycles. The first-order chi connectivity index (χ1) is 8.20. The fourth-order valence-corrected chi connectivity index (χ4v) is 2.96. The number of thiophene rings is 1. The molecule has 2 rings (SSSR count). The summed E-state index contributed by atoms with van der Waals surface area (Å²) in [7, 11) is 1.97. The molecular formula is C13H15ClN2S. The predicted octanol–water partition coefficient (Wildman–Crippen LogP) is 3.61. The summed E-state index contributed by atoms with van der Waals surface area (Å²) in [4.78, 5) is 5.68. The average molecular weight is 267 g/mol. The molecule has 2 aromatic rings. The van der Waals surface area contributed by atoms with Crippen molar-refractivity contribution in [3.05, 3.63) is 50.9 Å². The molecule has 0 bridgehead atoms. The van der Waals surface area contributed by atoms with E-state index in [0.29, 0.717) is 0 Å². The Balaban J connectivity index is 2.18. The van der Waals surface area contributed by atoms with Gasteiger partial charge in [-0.1, -0.05) is 17.7 Å². The van der Waals surface area contributed by atoms with Gasteiger partial charge in [0.05, 0.1) is 4.34 Å². The number of nitrogens with one attached hydrogen (secondary N) is 1. The van der Waals surface area contributed by atoms with Crippen LogP contribution < -0.4 is 5.32 Å². The molecule has 0 aromatic carbocycles. The number of hydrogen-bond acceptors (Lipinski definition) is 3. The lowest BCUT2D eigenvalue weighted by Crippen LogP contribution is -2.18. The zero-order chi connectivity index (χ0) is 12.3. The number of rotatable bonds is 4. The Labute approximate surface area is 111 Å². The Hall–Kier alpha value is -0.900. The summed E-state index contributed by atoms with van der Waals surface area (Å²) in [5.41, 5.74) is 2.37. The summed E-state index contributed by atoms with van der Waals surface area (Å²) >= 11 is 7.59. The summed E-state index contributed by atoms with van der Waals surface area (Å²) in [6, 6.07) is 8.36. The number of hydrogen-bond donors (Lipinski definition) is 1. The Kier molecular flexibility index (Phi) is 4.15. The van der Waals surface area contributed by atoms with Crippen LogP contribution in [0.5, 0.6) is 0 Å². The maximum absolute atomic E-state index is 5.97. The van der Waals surface area contributed by atoms with Crippen molar-refractivity contribution < 1.29 is 0 Å². The van der Waals surface area contributed by atoms with Gasteiger partial charge in [-0.05, 0) is 37.7 Å². The van der Waals surface area contributed by atoms with Crippen molar-refractivity contribution in [2.24, 2.45) is 0 Å². The maximum Gasteiger partial charge on any atom is 0.0931 e. The molecule has 0 amide bonds. The van der Waals surface area contributed by atoms with Gasteiger partial charge < -0.3 is 5.32 Å². The zero-order valence-electron chi connectivity index (χ0n) is 9.90. The van der Waals surface area contributed by atoms with Gasteiger partial charge in [0, 0.05) is 29.2 Å². The minimum Gasteiger partial charge on any atom is -0.312 e. The molecule has 0 aliphatic heterocycles. The molecule has 0 spiro atoms. The molecular weight excluding hydrogens is 252 g/mol. The van der Waals surface area contributed by atoms with Crippen LogP contribution in [0.2, 0.25) is 4.34 Å². The van der Waals surface area contributed by atoms with Gasteiger partial charge in [-0.25, -0.2) is 0 Å². The fourth-order valence-electron chi connectivity index (χ4n) is 1.79. The number of pyridine rings is 1. The average Bonchev–Trinajstić information content (AvgIpc) is 2.75. The molecule has 1 unspecified atom stereocenters. The Morgan fingerprint density at radius 3 is 2.82 bits per heavy atom. The van der Waals surface area contributed by atoms with Crippen molar-refractivity contribution in [1.82, 2.24) is 10.3 Å². The number of aryl methyl sites for hydroxylation is 1. The van der Waals surface area contributed by atoms with Crippen molar-refractivity contribution in [3.8, 4) is 0 Å². The van der Waals surface area contributed by atoms with Gasteiger partial charge in [0.15, 0.2) is 0 Å². The van der Waals surface area contributed by atoms with Crippen molar-refractivity contribution in [2.45, 2.75) is 19.4 Å². The van der Waals surface area contributed by atoms with E-state index in [9.17, 15) is 0 Å². The van der Waals surface area contributed by atoms with E-state index >= 15 is 0 Å². The van der Waals surface area contributed by atoms with Crippen LogP contribution in [0.25, 0.3) is 0 Å². The van der Waals surface area contributed by atoms with Gasteiger partial charge in [0.1, 0.15) is 0 Å². The molecule has 0 aliphatic carbocycles. The molecule has 1 atom stereocenters. The molecule has 90 valence electrons. The molecule has 1 N–H and O–H groups in total. The van der Waals surface area contributed by atoms with Gasteiger partial charge in [0.2, 0.25) is 0 Å². The van der Waals surface area contributed by atoms with E-state index in [2.05, 4.69) is 29.4 Å². The molecule has 2 aromatic heterocycles. The third-order valence-electron chi connectivity index (χ3n) is 2.80. The van der Waals surface area contributed by atoms with Gasteiger partial charge in [0.25, 0.3) is 0 Å². The van der Waals surface area contributed by atoms with Crippen molar-refractivity contribution in [1.29, 1.82) is 0 Å². The smallest absolute Gasteiger partial charge is 0.0931 e. The second-order valence-corrected chi connectivity index (χ2v) is 5.70. The predicted molar refractivity (Wildman–Crippen MR) is 73.8 cm³/mol. The second-order valence-electron chi connectivity index (χ2n) is 3.95. The first-order valence-electron chi connectivity index (χ1n) is 5.53. The first kappa shape index (κ1) is 12.6. The van der Waals surface area contributed by atoms with Crippen LogP contribution in [-0.4, -0.2) is 12.0 Å². The molecule has 0 fully saturated rings. The fraction of sp³-hybridized carbons (Fsp3) is 0.308. The molecule has 17 heavy (non-hydrogen) atoms. The normalized spacial score (nSPS) is 12.6. The summed E-state index contributed by atoms with van der Waals surface area (Å²) in [5.74, 6) is 0. The highest BCUT2D eigenvalue weighted by Crippen LogP contribution is 2.28. The maximum atomic E-state index is 5.97. The SMILES string of the molecule is CNC(Cc1ncccc1C)c1ccc(Cl)s1. The van der Waals surface area contributed by atoms with Crippen LogP contribution >= 0.6 is 22.9 Å². The summed E-state index contributed by atoms with van der Waals surface area (Å²) in [5, 5.41) is 3.32. The van der Waals surface area contributed by atoms with Crippen LogP contribution in [0.3, 0.4) is 0 Å². The van der Waals surface area contributed by atoms with Crippen LogP contribution in [0, 0.1) is 6.92 Å². The molecule has 2 heterocycles. The van der Waals surface area contributed by atoms with Crippen LogP contribution in [0.4, 0.5) is 0 Å². The highest BCUT2D eigenvalue weighted by atomic mass is 35.5. The van der Waals surface area contributed by atoms with Crippen molar-refractivity contribution in [2.75, 3.05) is 7.05 Å². The molecule has 4 heteroatoms. The number of likely N-dealkylation sites (N-methyl/N-ethyl adjacent to an activating group) is 1. The lowest BCUT2D eigenvalue weighted by molar-refractivity contribution is 0.592. The van der Waals surface area contributed by atoms with Gasteiger partial charge in [-0.15, -0.1) is 11.3 Å². The minimum atomic E-state index is 0.279. The topological polar surface area (TPSA) is 24.9 Å². The van der Waals surface area contributed by atoms with Crippen molar-refractivity contribution >= 4 is 22.9 Å². The highest BCUT2D eigenvalue weighted by Gasteiger charge is 2.14. The molecule has 0 aliphatic rings. The Morgan fingerprint density at radius 1 is 1.41 bits per heavy atom. The minimum absolute atomic E-state index is 0.279. The monoisotopic (exact) mass is 266 g/mol. The Morgan fingerprint density at radius 2 is 2.24 bits per heavy atom. The summed E-state index contributed by atoms with van der Waals surface area (Å²) in [6.45, 7) is 2.09. The third-order valence-corrected chi connectivity index (χ3v) is 4.15. The lowest BCUT2D eigenvalue weighted by Gasteiger charge is -2.15. The van der Waals surface area contributed by atoms with Crippen LogP contribution in [0.1, 0.15) is 22.2 Å². The largest absolute Gasteiger partial charge is 0.312 e. The lowest BCUT2D eigenvalue weighted by atomic mass is 10.1. The number of aromatic nitrogens is 1. The van der Waals surface area contributed by atoms with E-state index in [-0.39, 0.29) is 6.04 Å². The molecule has 0 saturated carbocycles. The highest BCUT2D eigenvalue weighted by molar-refractivity contribution is 7.16. The van der Waals surface area contributed by atoms with Crippen LogP contribution in [0.15, 0.2) is 30.5 Å². The van der Waals surface area contributed by atoms with Gasteiger partial charge >= 0.3 is 0 Å². The molecule has 2 nitrogen and oxygen atoms in total. The number of nitrogens with zero attached hydrogens (tertiary/aromatic N) is 1. The standard InChI is InChI=1S/C13H15ClN2S/c1-9-4-3-7-16-10(9)8-11(15-2)12-5-6-13(14)17-12/h3-7,11,15H,8H2,1-2H3. The third kappa shape index (κ3) is 3.06. The first-order valence-corrected chi connectivity index (χ1v) is 6.73. The summed E-state index contributed by atoms with van der Waals surface area (Å²) in [6.07, 6.45) is 2.73. The Bertz CT molecular complexity index is 496.